The minimum atomic E-state index is -0.0877. The smallest absolute Gasteiger partial charge is 0.145 e. The Hall–Kier alpha value is -4.83. The average molecular weight is 489 g/mol. The lowest BCUT2D eigenvalue weighted by atomic mass is 9.82. The number of aromatic nitrogens is 4. The highest BCUT2D eigenvalue weighted by Gasteiger charge is 2.35. The lowest BCUT2D eigenvalue weighted by molar-refractivity contribution is 0.660. The van der Waals surface area contributed by atoms with Crippen LogP contribution in [0.1, 0.15) is 25.0 Å². The van der Waals surface area contributed by atoms with Gasteiger partial charge in [-0.3, -0.25) is 14.5 Å². The Morgan fingerprint density at radius 1 is 0.632 bits per heavy atom. The number of pyridine rings is 2. The third-order valence-electron chi connectivity index (χ3n) is 8.18. The van der Waals surface area contributed by atoms with Gasteiger partial charge in [0.2, 0.25) is 0 Å². The van der Waals surface area contributed by atoms with E-state index in [-0.39, 0.29) is 5.41 Å². The van der Waals surface area contributed by atoms with E-state index in [2.05, 4.69) is 107 Å². The molecule has 0 atom stereocenters. The number of nitrogens with zero attached hydrogens (tertiary/aromatic N) is 4. The second-order valence-corrected chi connectivity index (χ2v) is 10.6. The predicted molar refractivity (Wildman–Crippen MR) is 155 cm³/mol. The summed E-state index contributed by atoms with van der Waals surface area (Å²) >= 11 is 0. The largest absolute Gasteiger partial charge is 0.292 e. The fourth-order valence-corrected chi connectivity index (χ4v) is 6.35. The number of fused-ring (bicyclic) bond motifs is 9. The van der Waals surface area contributed by atoms with Crippen molar-refractivity contribution in [3.8, 4) is 28.2 Å². The maximum atomic E-state index is 5.32. The molecule has 3 heterocycles. The van der Waals surface area contributed by atoms with Crippen LogP contribution in [0.25, 0.3) is 60.8 Å². The Kier molecular flexibility index (Phi) is 4.25. The highest BCUT2D eigenvalue weighted by molar-refractivity contribution is 6.23. The molecular formula is C34H24N4. The molecule has 7 aromatic rings. The predicted octanol–water partition coefficient (Wildman–Crippen LogP) is 8.10. The van der Waals surface area contributed by atoms with Crippen molar-refractivity contribution in [1.29, 1.82) is 0 Å². The van der Waals surface area contributed by atoms with Crippen molar-refractivity contribution in [3.05, 3.63) is 121 Å². The molecule has 0 spiro atoms. The zero-order valence-electron chi connectivity index (χ0n) is 21.2. The van der Waals surface area contributed by atoms with E-state index in [0.29, 0.717) is 0 Å². The van der Waals surface area contributed by atoms with E-state index in [4.69, 9.17) is 4.98 Å². The standard InChI is InChI=1S/C34H24N4/c1-34(2)29-11-7-6-10-23(29)24-13-12-22(18-30(24)34)38-32-26-15-17-36-20-28(26)27-19-35-16-14-25(27)31(32)37-33(38)21-8-4-3-5-9-21/h3-20H,1-2H3. The third kappa shape index (κ3) is 2.77. The van der Waals surface area contributed by atoms with Crippen molar-refractivity contribution >= 4 is 32.6 Å². The minimum Gasteiger partial charge on any atom is -0.292 e. The van der Waals surface area contributed by atoms with Gasteiger partial charge >= 0.3 is 0 Å². The van der Waals surface area contributed by atoms with E-state index in [1.807, 2.05) is 30.9 Å². The van der Waals surface area contributed by atoms with Crippen LogP contribution < -0.4 is 0 Å². The van der Waals surface area contributed by atoms with Crippen LogP contribution in [0.3, 0.4) is 0 Å². The van der Waals surface area contributed by atoms with Crippen molar-refractivity contribution in [1.82, 2.24) is 19.5 Å². The Morgan fingerprint density at radius 3 is 2.13 bits per heavy atom. The van der Waals surface area contributed by atoms with Gasteiger partial charge < -0.3 is 0 Å². The molecule has 0 radical (unpaired) electrons. The molecule has 0 unspecified atom stereocenters. The van der Waals surface area contributed by atoms with E-state index >= 15 is 0 Å². The van der Waals surface area contributed by atoms with Gasteiger partial charge in [-0.05, 0) is 46.5 Å². The van der Waals surface area contributed by atoms with Gasteiger partial charge in [0.1, 0.15) is 5.82 Å². The number of rotatable bonds is 2. The zero-order chi connectivity index (χ0) is 25.4. The van der Waals surface area contributed by atoms with Crippen LogP contribution in [0.15, 0.2) is 110 Å². The van der Waals surface area contributed by atoms with Gasteiger partial charge in [-0.25, -0.2) is 4.98 Å². The molecule has 1 aliphatic rings. The number of hydrogen-bond acceptors (Lipinski definition) is 3. The fourth-order valence-electron chi connectivity index (χ4n) is 6.35. The Balaban J connectivity index is 1.52. The second kappa shape index (κ2) is 7.59. The first-order valence-electron chi connectivity index (χ1n) is 12.9. The van der Waals surface area contributed by atoms with E-state index in [9.17, 15) is 0 Å². The van der Waals surface area contributed by atoms with Crippen LogP contribution in [0, 0.1) is 0 Å². The molecule has 4 nitrogen and oxygen atoms in total. The Labute approximate surface area is 220 Å². The molecular weight excluding hydrogens is 464 g/mol. The van der Waals surface area contributed by atoms with Gasteiger partial charge in [0.15, 0.2) is 0 Å². The molecule has 0 fully saturated rings. The SMILES string of the molecule is CC1(C)c2ccccc2-c2ccc(-n3c(-c4ccccc4)nc4c5ccncc5c5cnccc5c43)cc21. The molecule has 0 aliphatic heterocycles. The summed E-state index contributed by atoms with van der Waals surface area (Å²) in [6.45, 7) is 4.65. The van der Waals surface area contributed by atoms with Crippen LogP contribution in [-0.4, -0.2) is 19.5 Å². The van der Waals surface area contributed by atoms with Crippen LogP contribution in [0.2, 0.25) is 0 Å². The summed E-state index contributed by atoms with van der Waals surface area (Å²) in [5.74, 6) is 0.927. The molecule has 0 N–H and O–H groups in total. The van der Waals surface area contributed by atoms with E-state index in [0.717, 1.165) is 49.7 Å². The summed E-state index contributed by atoms with van der Waals surface area (Å²) in [6, 6.07) is 30.3. The molecule has 0 bridgehead atoms. The van der Waals surface area contributed by atoms with E-state index in [1.165, 1.54) is 22.3 Å². The molecule has 38 heavy (non-hydrogen) atoms. The van der Waals surface area contributed by atoms with Crippen molar-refractivity contribution in [2.24, 2.45) is 0 Å². The maximum absolute atomic E-state index is 5.32. The molecule has 0 saturated heterocycles. The first-order valence-corrected chi connectivity index (χ1v) is 12.9. The molecule has 8 rings (SSSR count). The molecule has 4 aromatic carbocycles. The highest BCUT2D eigenvalue weighted by Crippen LogP contribution is 2.49. The topological polar surface area (TPSA) is 43.6 Å². The molecule has 0 amide bonds. The van der Waals surface area contributed by atoms with Crippen molar-refractivity contribution in [2.45, 2.75) is 19.3 Å². The van der Waals surface area contributed by atoms with Gasteiger partial charge in [0, 0.05) is 63.0 Å². The molecule has 4 heteroatoms. The lowest BCUT2D eigenvalue weighted by Crippen LogP contribution is -2.15. The van der Waals surface area contributed by atoms with Crippen LogP contribution in [-0.2, 0) is 5.41 Å². The van der Waals surface area contributed by atoms with Gasteiger partial charge in [-0.2, -0.15) is 0 Å². The molecule has 1 aliphatic carbocycles. The zero-order valence-corrected chi connectivity index (χ0v) is 21.2. The molecule has 0 saturated carbocycles. The Morgan fingerprint density at radius 2 is 1.32 bits per heavy atom. The lowest BCUT2D eigenvalue weighted by Gasteiger charge is -2.22. The monoisotopic (exact) mass is 488 g/mol. The third-order valence-corrected chi connectivity index (χ3v) is 8.18. The van der Waals surface area contributed by atoms with Crippen molar-refractivity contribution in [3.63, 3.8) is 0 Å². The molecule has 180 valence electrons. The van der Waals surface area contributed by atoms with Crippen molar-refractivity contribution in [2.75, 3.05) is 0 Å². The quantitative estimate of drug-likeness (QED) is 0.231. The minimum absolute atomic E-state index is 0.0877. The number of benzene rings is 4. The molecule has 3 aromatic heterocycles. The highest BCUT2D eigenvalue weighted by atomic mass is 15.1. The van der Waals surface area contributed by atoms with Crippen LogP contribution in [0.4, 0.5) is 0 Å². The van der Waals surface area contributed by atoms with Crippen LogP contribution >= 0.6 is 0 Å². The van der Waals surface area contributed by atoms with E-state index < -0.39 is 0 Å². The summed E-state index contributed by atoms with van der Waals surface area (Å²) in [5.41, 5.74) is 9.52. The van der Waals surface area contributed by atoms with E-state index in [1.54, 1.807) is 0 Å². The van der Waals surface area contributed by atoms with Crippen molar-refractivity contribution < 1.29 is 0 Å². The fraction of sp³-hybridized carbons (Fsp3) is 0.0882. The van der Waals surface area contributed by atoms with Gasteiger partial charge in [0.05, 0.1) is 11.0 Å². The normalized spacial score (nSPS) is 13.7. The second-order valence-electron chi connectivity index (χ2n) is 10.6. The summed E-state index contributed by atoms with van der Waals surface area (Å²) in [6.07, 6.45) is 7.59. The van der Waals surface area contributed by atoms with Gasteiger partial charge in [-0.1, -0.05) is 74.5 Å². The van der Waals surface area contributed by atoms with Gasteiger partial charge in [0.25, 0.3) is 0 Å². The summed E-state index contributed by atoms with van der Waals surface area (Å²) in [4.78, 5) is 14.2. The first-order chi connectivity index (χ1) is 18.6. The summed E-state index contributed by atoms with van der Waals surface area (Å²) in [7, 11) is 0. The first kappa shape index (κ1) is 21.3. The Bertz CT molecular complexity index is 2050. The number of imidazole rings is 1. The maximum Gasteiger partial charge on any atom is 0.145 e. The van der Waals surface area contributed by atoms with Gasteiger partial charge in [-0.15, -0.1) is 0 Å². The summed E-state index contributed by atoms with van der Waals surface area (Å²) < 4.78 is 2.34. The average Bonchev–Trinajstić information content (AvgIpc) is 3.48. The van der Waals surface area contributed by atoms with Crippen LogP contribution in [0.5, 0.6) is 0 Å². The number of hydrogen-bond donors (Lipinski definition) is 0. The summed E-state index contributed by atoms with van der Waals surface area (Å²) in [5, 5.41) is 4.35.